The van der Waals surface area contributed by atoms with Crippen LogP contribution in [0, 0.1) is 13.8 Å². The molecule has 3 saturated heterocycles. The molecule has 2 aromatic rings. The summed E-state index contributed by atoms with van der Waals surface area (Å²) >= 11 is 0. The molecule has 4 aliphatic rings. The lowest BCUT2D eigenvalue weighted by molar-refractivity contribution is -0.169. The summed E-state index contributed by atoms with van der Waals surface area (Å²) in [5.41, 5.74) is 4.10. The van der Waals surface area contributed by atoms with E-state index in [1.165, 1.54) is 6.92 Å². The van der Waals surface area contributed by atoms with Crippen LogP contribution in [0.5, 0.6) is 5.75 Å². The van der Waals surface area contributed by atoms with Crippen molar-refractivity contribution in [2.24, 2.45) is 0 Å². The number of hydrogen-bond donors (Lipinski definition) is 2. The zero-order valence-electron chi connectivity index (χ0n) is 34.2. The number of anilines is 1. The van der Waals surface area contributed by atoms with Crippen molar-refractivity contribution in [3.63, 3.8) is 0 Å². The van der Waals surface area contributed by atoms with Crippen molar-refractivity contribution in [1.29, 1.82) is 0 Å². The second kappa shape index (κ2) is 20.7. The Balaban J connectivity index is 0.00000661. The minimum Gasteiger partial charge on any atom is -0.507 e. The molecule has 16 heteroatoms. The van der Waals surface area contributed by atoms with Crippen LogP contribution < -0.4 is 5.32 Å². The maximum Gasteiger partial charge on any atom is 0.511 e. The first kappa shape index (κ1) is 45.0. The smallest absolute Gasteiger partial charge is 0.507 e. The van der Waals surface area contributed by atoms with Crippen LogP contribution in [0.3, 0.4) is 0 Å². The number of hydrogen-bond acceptors (Lipinski definition) is 12. The molecule has 0 aromatic heterocycles. The van der Waals surface area contributed by atoms with E-state index in [9.17, 15) is 29.1 Å². The first-order valence-corrected chi connectivity index (χ1v) is 20.6. The Labute approximate surface area is 347 Å². The Morgan fingerprint density at radius 3 is 2.14 bits per heavy atom. The molecule has 2 atom stereocenters. The van der Waals surface area contributed by atoms with E-state index < -0.39 is 30.6 Å². The van der Waals surface area contributed by atoms with Gasteiger partial charge in [-0.15, -0.1) is 0 Å². The number of nitrogens with one attached hydrogen (secondary N) is 1. The molecule has 3 fully saturated rings. The Bertz CT molecular complexity index is 1760. The number of nitrogens with zero attached hydrogens (tertiary/aromatic N) is 5. The molecule has 324 valence electrons. The highest BCUT2D eigenvalue weighted by Crippen LogP contribution is 2.27. The third kappa shape index (κ3) is 11.8. The van der Waals surface area contributed by atoms with Crippen molar-refractivity contribution in [2.45, 2.75) is 98.1 Å². The SMILES string of the molecule is C.CCOC(=O)OC(C)OC(=O)CN1CCC(N2CCN(C(=O)[C@@H](Cc3cc(C)c(O)c(C)c3)OC(=O)N3CCC(N4CCc5ccccc5NC4=O)CC3)CC2)CC1. The number of phenolic OH excluding ortho intramolecular Hbond substituents is 1. The summed E-state index contributed by atoms with van der Waals surface area (Å²) in [5, 5.41) is 13.4. The average molecular weight is 823 g/mol. The maximum absolute atomic E-state index is 14.2. The third-order valence-corrected chi connectivity index (χ3v) is 11.7. The van der Waals surface area contributed by atoms with Gasteiger partial charge in [0.25, 0.3) is 5.91 Å². The number of benzene rings is 2. The fraction of sp³-hybridized carbons (Fsp3) is 0.605. The van der Waals surface area contributed by atoms with Crippen molar-refractivity contribution >= 4 is 35.8 Å². The molecule has 0 bridgehead atoms. The van der Waals surface area contributed by atoms with Crippen LogP contribution >= 0.6 is 0 Å². The average Bonchev–Trinajstić information content (AvgIpc) is 3.37. The molecular weight excluding hydrogens is 761 g/mol. The number of para-hydroxylation sites is 1. The molecule has 4 aliphatic heterocycles. The number of fused-ring (bicyclic) bond motifs is 1. The van der Waals surface area contributed by atoms with Crippen LogP contribution in [-0.2, 0) is 41.4 Å². The van der Waals surface area contributed by atoms with E-state index in [0.29, 0.717) is 88.9 Å². The van der Waals surface area contributed by atoms with Crippen molar-refractivity contribution in [3.8, 4) is 5.75 Å². The van der Waals surface area contributed by atoms with E-state index in [1.54, 1.807) is 16.7 Å². The van der Waals surface area contributed by atoms with E-state index in [4.69, 9.17) is 18.9 Å². The van der Waals surface area contributed by atoms with Gasteiger partial charge in [0, 0.05) is 90.0 Å². The van der Waals surface area contributed by atoms with E-state index in [2.05, 4.69) is 10.2 Å². The number of piperazine rings is 1. The van der Waals surface area contributed by atoms with Crippen molar-refractivity contribution in [1.82, 2.24) is 24.5 Å². The lowest BCUT2D eigenvalue weighted by Crippen LogP contribution is -2.57. The van der Waals surface area contributed by atoms with Crippen molar-refractivity contribution in [3.05, 3.63) is 58.7 Å². The number of aromatic hydroxyl groups is 1. The Morgan fingerprint density at radius 1 is 0.831 bits per heavy atom. The highest BCUT2D eigenvalue weighted by atomic mass is 16.8. The first-order chi connectivity index (χ1) is 27.9. The molecule has 0 saturated carbocycles. The van der Waals surface area contributed by atoms with Gasteiger partial charge in [0.2, 0.25) is 6.29 Å². The highest BCUT2D eigenvalue weighted by molar-refractivity contribution is 5.91. The largest absolute Gasteiger partial charge is 0.511 e. The molecule has 1 unspecified atom stereocenters. The molecule has 6 rings (SSSR count). The quantitative estimate of drug-likeness (QED) is 0.179. The molecule has 0 spiro atoms. The summed E-state index contributed by atoms with van der Waals surface area (Å²) in [6, 6.07) is 11.6. The number of aryl methyl sites for hydroxylation is 2. The second-order valence-corrected chi connectivity index (χ2v) is 15.6. The number of urea groups is 1. The zero-order chi connectivity index (χ0) is 41.3. The summed E-state index contributed by atoms with van der Waals surface area (Å²) in [4.78, 5) is 74.7. The van der Waals surface area contributed by atoms with E-state index >= 15 is 0 Å². The van der Waals surface area contributed by atoms with Gasteiger partial charge in [0.1, 0.15) is 5.75 Å². The van der Waals surface area contributed by atoms with Crippen LogP contribution in [0.2, 0.25) is 0 Å². The van der Waals surface area contributed by atoms with Gasteiger partial charge in [-0.3, -0.25) is 19.4 Å². The number of phenols is 1. The molecule has 59 heavy (non-hydrogen) atoms. The molecule has 0 aliphatic carbocycles. The summed E-state index contributed by atoms with van der Waals surface area (Å²) in [6.45, 7) is 12.1. The van der Waals surface area contributed by atoms with Crippen LogP contribution in [0.25, 0.3) is 0 Å². The Kier molecular flexibility index (Phi) is 15.8. The van der Waals surface area contributed by atoms with Crippen LogP contribution in [0.4, 0.5) is 20.1 Å². The van der Waals surface area contributed by atoms with Crippen molar-refractivity contribution < 1.29 is 48.0 Å². The summed E-state index contributed by atoms with van der Waals surface area (Å²) in [7, 11) is 0. The minimum absolute atomic E-state index is 0. The maximum atomic E-state index is 14.2. The Hall–Kier alpha value is -5.09. The van der Waals surface area contributed by atoms with Gasteiger partial charge >= 0.3 is 24.2 Å². The predicted octanol–water partition coefficient (Wildman–Crippen LogP) is 4.92. The van der Waals surface area contributed by atoms with Gasteiger partial charge < -0.3 is 44.1 Å². The standard InChI is InChI=1S/C42H58N6O10.CH4/c1-5-55-42(54)57-30(4)56-37(49)27-44-15-11-33(12-16-44)45-20-22-46(23-21-45)39(51)36(26-31-24-28(2)38(50)29(3)25-31)58-41(53)47-17-13-34(14-18-47)48-19-10-32-8-6-7-9-35(32)43-40(48)52;/h6-9,24-25,30,33-34,36,50H,5,10-23,26-27H2,1-4H3,(H,43,52);1H4/t30?,36-;/m1./s1. The highest BCUT2D eigenvalue weighted by Gasteiger charge is 2.37. The van der Waals surface area contributed by atoms with Crippen LogP contribution in [0.1, 0.15) is 69.2 Å². The molecule has 16 nitrogen and oxygen atoms in total. The fourth-order valence-corrected chi connectivity index (χ4v) is 8.52. The Morgan fingerprint density at radius 2 is 1.47 bits per heavy atom. The van der Waals surface area contributed by atoms with E-state index in [1.807, 2.05) is 60.0 Å². The number of rotatable bonds is 11. The minimum atomic E-state index is -1.05. The number of likely N-dealkylation sites (tertiary alicyclic amines) is 2. The monoisotopic (exact) mass is 822 g/mol. The first-order valence-electron chi connectivity index (χ1n) is 20.6. The third-order valence-electron chi connectivity index (χ3n) is 11.7. The lowest BCUT2D eigenvalue weighted by atomic mass is 10.00. The molecule has 4 amide bonds. The summed E-state index contributed by atoms with van der Waals surface area (Å²) in [6.07, 6.45) is 0.296. The van der Waals surface area contributed by atoms with E-state index in [-0.39, 0.29) is 50.7 Å². The molecule has 2 N–H and O–H groups in total. The summed E-state index contributed by atoms with van der Waals surface area (Å²) < 4.78 is 20.9. The van der Waals surface area contributed by atoms with Crippen LogP contribution in [0.15, 0.2) is 36.4 Å². The molecule has 4 heterocycles. The molecule has 0 radical (unpaired) electrons. The zero-order valence-corrected chi connectivity index (χ0v) is 34.2. The number of ether oxygens (including phenoxy) is 4. The predicted molar refractivity (Wildman–Crippen MR) is 220 cm³/mol. The topological polar surface area (TPSA) is 171 Å². The number of esters is 1. The van der Waals surface area contributed by atoms with E-state index in [0.717, 1.165) is 36.1 Å². The number of carbonyl (C=O) groups is 5. The number of carbonyl (C=O) groups excluding carboxylic acids is 5. The van der Waals surface area contributed by atoms with Crippen LogP contribution in [-0.4, -0.2) is 156 Å². The number of amides is 4. The summed E-state index contributed by atoms with van der Waals surface area (Å²) in [5.74, 6) is -0.527. The van der Waals surface area contributed by atoms with Gasteiger partial charge in [0.05, 0.1) is 13.2 Å². The lowest BCUT2D eigenvalue weighted by Gasteiger charge is -2.43. The van der Waals surface area contributed by atoms with Crippen molar-refractivity contribution in [2.75, 3.05) is 77.4 Å². The van der Waals surface area contributed by atoms with Gasteiger partial charge in [-0.1, -0.05) is 37.8 Å². The molecular formula is C43H62N6O10. The van der Waals surface area contributed by atoms with Gasteiger partial charge in [-0.25, -0.2) is 14.4 Å². The number of piperidine rings is 2. The van der Waals surface area contributed by atoms with Gasteiger partial charge in [-0.2, -0.15) is 0 Å². The fourth-order valence-electron chi connectivity index (χ4n) is 8.52. The van der Waals surface area contributed by atoms with Gasteiger partial charge in [-0.05, 0) is 81.2 Å². The second-order valence-electron chi connectivity index (χ2n) is 15.6. The van der Waals surface area contributed by atoms with Gasteiger partial charge in [0.15, 0.2) is 6.10 Å². The molecule has 2 aromatic carbocycles. The normalized spacial score (nSPS) is 19.3.